The normalized spacial score (nSPS) is 10.0. The summed E-state index contributed by atoms with van der Waals surface area (Å²) in [6, 6.07) is 0. The Morgan fingerprint density at radius 2 is 2.11 bits per heavy atom. The molecule has 0 saturated carbocycles. The minimum Gasteiger partial charge on any atom is -0.714 e. The van der Waals surface area contributed by atoms with E-state index in [2.05, 4.69) is 35.6 Å². The fourth-order valence-corrected chi connectivity index (χ4v) is 0.797. The number of hydrogen-bond acceptors (Lipinski definition) is 4. The van der Waals surface area contributed by atoms with Gasteiger partial charge in [-0.25, -0.2) is 0 Å². The molecule has 0 amide bonds. The molecule has 0 aliphatic carbocycles. The van der Waals surface area contributed by atoms with Crippen molar-refractivity contribution in [2.24, 2.45) is 0 Å². The van der Waals surface area contributed by atoms with Crippen molar-refractivity contribution in [3.05, 3.63) is 12.7 Å². The molecule has 0 aliphatic heterocycles. The van der Waals surface area contributed by atoms with Gasteiger partial charge in [0.25, 0.3) is 0 Å². The molecule has 0 aromatic carbocycles. The largest absolute Gasteiger partial charge is 2.00 e. The van der Waals surface area contributed by atoms with Gasteiger partial charge in [0.15, 0.2) is 0 Å². The standard InChI is InChI=1S/C3H7O2PS2.Co/c1-2-3-5-6(4,7)8;/h2H,1,3H2,(H2,4,7,8);/q;+2/p-2. The van der Waals surface area contributed by atoms with Crippen LogP contribution in [0.15, 0.2) is 12.7 Å². The van der Waals surface area contributed by atoms with E-state index in [1.54, 1.807) is 0 Å². The monoisotopic (exact) mass is 227 g/mol. The average molecular weight is 227 g/mol. The first kappa shape index (κ1) is 12.8. The summed E-state index contributed by atoms with van der Waals surface area (Å²) in [6.45, 7) is 3.50. The van der Waals surface area contributed by atoms with Crippen LogP contribution >= 0.6 is 5.77 Å². The second-order valence-electron chi connectivity index (χ2n) is 1.03. The Hall–Kier alpha value is 1.14. The van der Waals surface area contributed by atoms with Crippen LogP contribution in [0.3, 0.4) is 0 Å². The molecular weight excluding hydrogens is 222 g/mol. The Bertz CT molecular complexity index is 123. The molecule has 0 aromatic rings. The zero-order valence-corrected chi connectivity index (χ0v) is 7.97. The van der Waals surface area contributed by atoms with Gasteiger partial charge in [-0.15, -0.1) is 6.58 Å². The van der Waals surface area contributed by atoms with Gasteiger partial charge in [0, 0.05) is 0 Å². The number of hydrogen-bond donors (Lipinski definition) is 0. The molecule has 9 heavy (non-hydrogen) atoms. The second-order valence-corrected chi connectivity index (χ2v) is 5.76. The van der Waals surface area contributed by atoms with Crippen LogP contribution in [0.1, 0.15) is 0 Å². The molecule has 0 heterocycles. The van der Waals surface area contributed by atoms with E-state index in [9.17, 15) is 4.57 Å². The summed E-state index contributed by atoms with van der Waals surface area (Å²) < 4.78 is 14.8. The van der Waals surface area contributed by atoms with E-state index in [1.807, 2.05) is 0 Å². The topological polar surface area (TPSA) is 26.3 Å². The van der Waals surface area contributed by atoms with E-state index in [4.69, 9.17) is 0 Å². The number of rotatable bonds is 3. The molecule has 0 rings (SSSR count). The minimum atomic E-state index is -3.09. The fourth-order valence-electron chi connectivity index (χ4n) is 0.144. The van der Waals surface area contributed by atoms with E-state index in [0.717, 1.165) is 0 Å². The predicted octanol–water partition coefficient (Wildman–Crippen LogP) is 1.39. The molecule has 0 unspecified atom stereocenters. The first-order chi connectivity index (χ1) is 3.56. The van der Waals surface area contributed by atoms with E-state index >= 15 is 0 Å². The van der Waals surface area contributed by atoms with Gasteiger partial charge >= 0.3 is 16.8 Å². The van der Waals surface area contributed by atoms with Gasteiger partial charge in [0.1, 0.15) is 0 Å². The van der Waals surface area contributed by atoms with Crippen molar-refractivity contribution in [2.45, 2.75) is 0 Å². The molecule has 55 valence electrons. The summed E-state index contributed by atoms with van der Waals surface area (Å²) in [4.78, 5) is 0. The molecule has 0 fully saturated rings. The predicted molar refractivity (Wildman–Crippen MR) is 38.5 cm³/mol. The summed E-state index contributed by atoms with van der Waals surface area (Å²) in [6.07, 6.45) is 1.45. The van der Waals surface area contributed by atoms with E-state index in [0.29, 0.717) is 0 Å². The van der Waals surface area contributed by atoms with Crippen LogP contribution in [-0.2, 0) is 50.4 Å². The Morgan fingerprint density at radius 1 is 1.67 bits per heavy atom. The molecule has 0 spiro atoms. The van der Waals surface area contributed by atoms with Crippen molar-refractivity contribution in [1.82, 2.24) is 0 Å². The van der Waals surface area contributed by atoms with Crippen LogP contribution in [0.4, 0.5) is 0 Å². The van der Waals surface area contributed by atoms with Gasteiger partial charge < -0.3 is 33.6 Å². The van der Waals surface area contributed by atoms with E-state index in [1.165, 1.54) is 6.08 Å². The summed E-state index contributed by atoms with van der Waals surface area (Å²) in [5.74, 6) is -3.09. The first-order valence-electron chi connectivity index (χ1n) is 1.84. The summed E-state index contributed by atoms with van der Waals surface area (Å²) >= 11 is 8.50. The Kier molecular flexibility index (Phi) is 8.36. The SMILES string of the molecule is C=CCOP(=O)([S-])[S-].[Co+2]. The van der Waals surface area contributed by atoms with Gasteiger partial charge in [-0.05, 0) is 5.77 Å². The minimum absolute atomic E-state index is 0. The zero-order valence-electron chi connectivity index (χ0n) is 4.41. The summed E-state index contributed by atoms with van der Waals surface area (Å²) in [5, 5.41) is 0. The smallest absolute Gasteiger partial charge is 0.714 e. The molecule has 0 saturated heterocycles. The third-order valence-electron chi connectivity index (χ3n) is 0.351. The second kappa shape index (κ2) is 5.89. The van der Waals surface area contributed by atoms with Crippen molar-refractivity contribution in [1.29, 1.82) is 0 Å². The Labute approximate surface area is 75.4 Å². The quantitative estimate of drug-likeness (QED) is 0.413. The molecular formula is C3H5CoO2PS2. The Balaban J connectivity index is 0. The van der Waals surface area contributed by atoms with Crippen LogP contribution in [0.25, 0.3) is 0 Å². The third-order valence-corrected chi connectivity index (χ3v) is 1.45. The molecule has 2 nitrogen and oxygen atoms in total. The van der Waals surface area contributed by atoms with E-state index < -0.39 is 5.77 Å². The van der Waals surface area contributed by atoms with Crippen molar-refractivity contribution < 1.29 is 25.9 Å². The Morgan fingerprint density at radius 3 is 2.22 bits per heavy atom. The molecule has 0 aromatic heterocycles. The van der Waals surface area contributed by atoms with Gasteiger partial charge in [-0.3, -0.25) is 0 Å². The van der Waals surface area contributed by atoms with Gasteiger partial charge in [-0.1, -0.05) is 6.08 Å². The first-order valence-corrected chi connectivity index (χ1v) is 5.49. The molecule has 0 bridgehead atoms. The summed E-state index contributed by atoms with van der Waals surface area (Å²) in [5.41, 5.74) is 0. The molecule has 6 heteroatoms. The van der Waals surface area contributed by atoms with Gasteiger partial charge in [0.05, 0.1) is 6.61 Å². The molecule has 1 radical (unpaired) electrons. The maximum absolute atomic E-state index is 10.3. The van der Waals surface area contributed by atoms with Crippen molar-refractivity contribution >= 4 is 30.3 Å². The van der Waals surface area contributed by atoms with Gasteiger partial charge in [0.2, 0.25) is 0 Å². The van der Waals surface area contributed by atoms with E-state index in [-0.39, 0.29) is 23.4 Å². The van der Waals surface area contributed by atoms with Gasteiger partial charge in [-0.2, -0.15) is 0 Å². The fraction of sp³-hybridized carbons (Fsp3) is 0.333. The zero-order chi connectivity index (χ0) is 6.62. The van der Waals surface area contributed by atoms with Crippen LogP contribution in [0, 0.1) is 0 Å². The molecule has 0 aliphatic rings. The molecule has 0 atom stereocenters. The van der Waals surface area contributed by atoms with Crippen molar-refractivity contribution in [3.8, 4) is 0 Å². The molecule has 0 N–H and O–H groups in total. The van der Waals surface area contributed by atoms with Crippen molar-refractivity contribution in [2.75, 3.05) is 6.61 Å². The van der Waals surface area contributed by atoms with Crippen LogP contribution < -0.4 is 0 Å². The third kappa shape index (κ3) is 12.4. The average Bonchev–Trinajstić information content (AvgIpc) is 1.59. The van der Waals surface area contributed by atoms with Crippen LogP contribution in [0.5, 0.6) is 0 Å². The maximum atomic E-state index is 10.3. The van der Waals surface area contributed by atoms with Crippen LogP contribution in [0.2, 0.25) is 0 Å². The van der Waals surface area contributed by atoms with Crippen molar-refractivity contribution in [3.63, 3.8) is 0 Å². The maximum Gasteiger partial charge on any atom is 2.00 e. The summed E-state index contributed by atoms with van der Waals surface area (Å²) in [7, 11) is 0. The van der Waals surface area contributed by atoms with Crippen LogP contribution in [-0.4, -0.2) is 6.61 Å².